The van der Waals surface area contributed by atoms with Gasteiger partial charge in [-0.2, -0.15) is 0 Å². The summed E-state index contributed by atoms with van der Waals surface area (Å²) in [7, 11) is -4.54. The van der Waals surface area contributed by atoms with Crippen molar-refractivity contribution in [3.63, 3.8) is 0 Å². The maximum absolute atomic E-state index is 11.1. The number of rotatable bonds is 9. The summed E-state index contributed by atoms with van der Waals surface area (Å²) in [6, 6.07) is 6.26. The van der Waals surface area contributed by atoms with Crippen molar-refractivity contribution >= 4 is 13.8 Å². The molecule has 1 rings (SSSR count). The van der Waals surface area contributed by atoms with Crippen molar-refractivity contribution in [1.29, 1.82) is 0 Å². The van der Waals surface area contributed by atoms with Crippen molar-refractivity contribution in [3.05, 3.63) is 36.4 Å². The number of carbonyl (C=O) groups excluding carboxylic acids is 1. The van der Waals surface area contributed by atoms with Gasteiger partial charge in [0.05, 0.1) is 0 Å². The van der Waals surface area contributed by atoms with Crippen LogP contribution in [0, 0.1) is 0 Å². The van der Waals surface area contributed by atoms with Crippen LogP contribution in [-0.4, -0.2) is 35.8 Å². The lowest BCUT2D eigenvalue weighted by atomic mass is 10.3. The minimum absolute atomic E-state index is 0. The third-order valence-electron chi connectivity index (χ3n) is 2.20. The zero-order valence-corrected chi connectivity index (χ0v) is 12.8. The summed E-state index contributed by atoms with van der Waals surface area (Å²) < 4.78 is 29.7. The molecule has 130 valence electrons. The second-order valence-corrected chi connectivity index (χ2v) is 5.36. The average Bonchev–Trinajstić information content (AvgIpc) is 2.43. The van der Waals surface area contributed by atoms with Gasteiger partial charge in [0, 0.05) is 5.57 Å². The molecule has 9 heteroatoms. The Hall–Kier alpha value is -1.86. The van der Waals surface area contributed by atoms with E-state index >= 15 is 0 Å². The Morgan fingerprint density at radius 2 is 1.65 bits per heavy atom. The van der Waals surface area contributed by atoms with Crippen LogP contribution in [0.1, 0.15) is 14.4 Å². The molecular weight excluding hydrogens is 327 g/mol. The summed E-state index contributed by atoms with van der Waals surface area (Å²) in [4.78, 5) is 28.1. The lowest BCUT2D eigenvalue weighted by Crippen LogP contribution is -2.12. The molecule has 0 aliphatic carbocycles. The minimum atomic E-state index is -4.54. The van der Waals surface area contributed by atoms with Gasteiger partial charge >= 0.3 is 13.8 Å². The molecule has 0 aliphatic heterocycles. The van der Waals surface area contributed by atoms with Crippen molar-refractivity contribution in [2.75, 3.05) is 20.0 Å². The number of hydrogen-bond donors (Lipinski definition) is 2. The normalized spacial score (nSPS) is 10.4. The van der Waals surface area contributed by atoms with Crippen LogP contribution in [0.2, 0.25) is 0 Å². The van der Waals surface area contributed by atoms with Crippen LogP contribution in [0.15, 0.2) is 36.4 Å². The Labute approximate surface area is 134 Å². The van der Waals surface area contributed by atoms with E-state index < -0.39 is 20.6 Å². The molecule has 0 aliphatic rings. The molecule has 0 saturated heterocycles. The Balaban J connectivity index is 0.00000484. The predicted molar refractivity (Wildman–Crippen MR) is 83.1 cm³/mol. The highest BCUT2D eigenvalue weighted by atomic mass is 31.2. The summed E-state index contributed by atoms with van der Waals surface area (Å²) in [6.45, 7) is 4.72. The molecule has 0 fully saturated rings. The average molecular weight is 348 g/mol. The maximum atomic E-state index is 11.1. The number of phosphoric acid groups is 1. The van der Waals surface area contributed by atoms with Gasteiger partial charge in [-0.15, -0.1) is 0 Å². The molecule has 0 bridgehead atoms. The third-order valence-corrected chi connectivity index (χ3v) is 2.65. The van der Waals surface area contributed by atoms with Gasteiger partial charge < -0.3 is 24.0 Å². The van der Waals surface area contributed by atoms with Crippen molar-refractivity contribution in [2.45, 2.75) is 14.4 Å². The third kappa shape index (κ3) is 9.70. The Kier molecular flexibility index (Phi) is 9.21. The molecular formula is C14H21O8P. The van der Waals surface area contributed by atoms with Crippen molar-refractivity contribution in [2.24, 2.45) is 0 Å². The van der Waals surface area contributed by atoms with Gasteiger partial charge in [0.15, 0.2) is 6.79 Å². The fourth-order valence-electron chi connectivity index (χ4n) is 1.21. The smallest absolute Gasteiger partial charge is 0.472 e. The summed E-state index contributed by atoms with van der Waals surface area (Å²) in [6.07, 6.45) is 0. The van der Waals surface area contributed by atoms with E-state index in [1.54, 1.807) is 19.1 Å². The van der Waals surface area contributed by atoms with E-state index in [9.17, 15) is 9.36 Å². The van der Waals surface area contributed by atoms with Gasteiger partial charge in [0.25, 0.3) is 0 Å². The quantitative estimate of drug-likeness (QED) is 0.230. The molecule has 1 aromatic rings. The highest BCUT2D eigenvalue weighted by Gasteiger charge is 2.13. The van der Waals surface area contributed by atoms with E-state index in [2.05, 4.69) is 11.1 Å². The topological polar surface area (TPSA) is 112 Å². The van der Waals surface area contributed by atoms with E-state index in [1.807, 2.05) is 0 Å². The first-order valence-electron chi connectivity index (χ1n) is 6.16. The SMILES string of the molecule is C.C=C(C)C(=O)OCCOc1ccc(OCOP(=O)(O)O)cc1. The Morgan fingerprint density at radius 1 is 1.13 bits per heavy atom. The number of benzene rings is 1. The zero-order valence-electron chi connectivity index (χ0n) is 11.9. The van der Waals surface area contributed by atoms with E-state index in [0.29, 0.717) is 17.1 Å². The number of hydrogen-bond acceptors (Lipinski definition) is 6. The molecule has 0 unspecified atom stereocenters. The molecule has 0 aromatic heterocycles. The Bertz CT molecular complexity index is 548. The number of carbonyl (C=O) groups is 1. The fourth-order valence-corrected chi connectivity index (χ4v) is 1.40. The monoisotopic (exact) mass is 348 g/mol. The molecule has 0 spiro atoms. The predicted octanol–water partition coefficient (Wildman–Crippen LogP) is 2.27. The maximum Gasteiger partial charge on any atom is 0.472 e. The second-order valence-electron chi connectivity index (χ2n) is 4.12. The van der Waals surface area contributed by atoms with E-state index in [-0.39, 0.29) is 20.6 Å². The summed E-state index contributed by atoms with van der Waals surface area (Å²) in [5.41, 5.74) is 0.319. The van der Waals surface area contributed by atoms with Crippen LogP contribution >= 0.6 is 7.82 Å². The van der Waals surface area contributed by atoms with Gasteiger partial charge in [-0.3, -0.25) is 0 Å². The van der Waals surface area contributed by atoms with Crippen LogP contribution in [0.3, 0.4) is 0 Å². The molecule has 0 amide bonds. The van der Waals surface area contributed by atoms with Gasteiger partial charge in [-0.05, 0) is 31.2 Å². The molecule has 2 N–H and O–H groups in total. The standard InChI is InChI=1S/C13H17O8P.CH4/c1-10(2)13(14)19-8-7-18-11-3-5-12(6-4-11)20-9-21-22(15,16)17;/h3-6H,1,7-9H2,2H3,(H2,15,16,17);1H4. The van der Waals surface area contributed by atoms with Crippen LogP contribution in [0.5, 0.6) is 11.5 Å². The molecule has 0 radical (unpaired) electrons. The zero-order chi connectivity index (χ0) is 16.6. The fraction of sp³-hybridized carbons (Fsp3) is 0.357. The molecule has 23 heavy (non-hydrogen) atoms. The van der Waals surface area contributed by atoms with Gasteiger partial charge in [0.1, 0.15) is 24.7 Å². The number of ether oxygens (including phenoxy) is 3. The molecule has 0 saturated carbocycles. The summed E-state index contributed by atoms with van der Waals surface area (Å²) in [5, 5.41) is 0. The highest BCUT2D eigenvalue weighted by Crippen LogP contribution is 2.35. The first-order valence-corrected chi connectivity index (χ1v) is 7.69. The van der Waals surface area contributed by atoms with Crippen LogP contribution in [0.4, 0.5) is 0 Å². The second kappa shape index (κ2) is 10.0. The van der Waals surface area contributed by atoms with Crippen molar-refractivity contribution in [3.8, 4) is 11.5 Å². The lowest BCUT2D eigenvalue weighted by molar-refractivity contribution is -0.139. The minimum Gasteiger partial charge on any atom is -0.490 e. The van der Waals surface area contributed by atoms with Crippen molar-refractivity contribution < 1.29 is 37.9 Å². The van der Waals surface area contributed by atoms with Crippen LogP contribution in [0.25, 0.3) is 0 Å². The van der Waals surface area contributed by atoms with E-state index in [0.717, 1.165) is 0 Å². The van der Waals surface area contributed by atoms with Gasteiger partial charge in [-0.25, -0.2) is 13.9 Å². The molecule has 1 aromatic carbocycles. The van der Waals surface area contributed by atoms with Crippen LogP contribution < -0.4 is 9.47 Å². The van der Waals surface area contributed by atoms with Gasteiger partial charge in [0.2, 0.25) is 0 Å². The first kappa shape index (κ1) is 21.1. The highest BCUT2D eigenvalue weighted by molar-refractivity contribution is 7.46. The van der Waals surface area contributed by atoms with Crippen LogP contribution in [-0.2, 0) is 18.6 Å². The lowest BCUT2D eigenvalue weighted by Gasteiger charge is -2.09. The summed E-state index contributed by atoms with van der Waals surface area (Å²) >= 11 is 0. The number of phosphoric ester groups is 1. The molecule has 0 atom stereocenters. The summed E-state index contributed by atoms with van der Waals surface area (Å²) in [5.74, 6) is 0.404. The largest absolute Gasteiger partial charge is 0.490 e. The first-order chi connectivity index (χ1) is 10.3. The number of esters is 1. The van der Waals surface area contributed by atoms with E-state index in [1.165, 1.54) is 12.1 Å². The molecule has 0 heterocycles. The Morgan fingerprint density at radius 3 is 2.13 bits per heavy atom. The van der Waals surface area contributed by atoms with Gasteiger partial charge in [-0.1, -0.05) is 14.0 Å². The molecule has 8 nitrogen and oxygen atoms in total. The van der Waals surface area contributed by atoms with Crippen molar-refractivity contribution in [1.82, 2.24) is 0 Å². The van der Waals surface area contributed by atoms with E-state index in [4.69, 9.17) is 24.0 Å².